The number of nitrogens with one attached hydrogen (secondary N) is 1. The number of benzene rings is 1. The van der Waals surface area contributed by atoms with Crippen LogP contribution >= 0.6 is 0 Å². The zero-order chi connectivity index (χ0) is 17.8. The lowest BCUT2D eigenvalue weighted by molar-refractivity contribution is 0.102. The van der Waals surface area contributed by atoms with E-state index in [4.69, 9.17) is 4.74 Å². The average molecular weight is 336 g/mol. The summed E-state index contributed by atoms with van der Waals surface area (Å²) < 4.78 is 7.44. The van der Waals surface area contributed by atoms with Crippen molar-refractivity contribution in [1.29, 1.82) is 0 Å². The Kier molecular flexibility index (Phi) is 4.79. The highest BCUT2D eigenvalue weighted by Gasteiger charge is 2.12. The largest absolute Gasteiger partial charge is 0.470 e. The minimum absolute atomic E-state index is 0.120. The third kappa shape index (κ3) is 4.03. The van der Waals surface area contributed by atoms with Crippen molar-refractivity contribution in [1.82, 2.24) is 14.8 Å². The molecule has 1 amide bonds. The lowest BCUT2D eigenvalue weighted by atomic mass is 10.1. The first-order valence-electron chi connectivity index (χ1n) is 8.02. The normalized spacial score (nSPS) is 11.8. The first-order valence-corrected chi connectivity index (χ1v) is 8.02. The number of amides is 1. The van der Waals surface area contributed by atoms with Crippen molar-refractivity contribution in [3.8, 4) is 5.88 Å². The van der Waals surface area contributed by atoms with E-state index in [1.807, 2.05) is 50.2 Å². The number of ether oxygens (including phenoxy) is 1. The van der Waals surface area contributed by atoms with Gasteiger partial charge in [0.15, 0.2) is 0 Å². The molecule has 0 spiro atoms. The van der Waals surface area contributed by atoms with Crippen molar-refractivity contribution in [2.45, 2.75) is 20.0 Å². The summed E-state index contributed by atoms with van der Waals surface area (Å²) >= 11 is 0. The number of rotatable bonds is 5. The molecule has 6 heteroatoms. The second-order valence-corrected chi connectivity index (χ2v) is 5.80. The van der Waals surface area contributed by atoms with E-state index in [1.54, 1.807) is 23.9 Å². The third-order valence-corrected chi connectivity index (χ3v) is 3.81. The minimum atomic E-state index is -0.238. The van der Waals surface area contributed by atoms with E-state index in [1.165, 1.54) is 6.20 Å². The van der Waals surface area contributed by atoms with Gasteiger partial charge in [0.1, 0.15) is 11.9 Å². The molecule has 25 heavy (non-hydrogen) atoms. The first-order chi connectivity index (χ1) is 12.0. The predicted octanol–water partition coefficient (Wildman–Crippen LogP) is 3.52. The van der Waals surface area contributed by atoms with E-state index < -0.39 is 0 Å². The SMILES string of the molecule is Cc1cc(NC(=O)c2ccc(O[C@@H](C)c3ccccc3)nc2)n(C)n1. The molecule has 0 aliphatic heterocycles. The van der Waals surface area contributed by atoms with Crippen LogP contribution in [0, 0.1) is 6.92 Å². The molecule has 0 fully saturated rings. The van der Waals surface area contributed by atoms with Crippen molar-refractivity contribution in [3.63, 3.8) is 0 Å². The average Bonchev–Trinajstić information content (AvgIpc) is 2.93. The molecule has 6 nitrogen and oxygen atoms in total. The number of aromatic nitrogens is 3. The standard InChI is InChI=1S/C19H20N4O2/c1-13-11-17(23(3)22-13)21-19(24)16-9-10-18(20-12-16)25-14(2)15-7-5-4-6-8-15/h4-12,14H,1-3H3,(H,21,24)/t14-/m0/s1. The molecular weight excluding hydrogens is 316 g/mol. The van der Waals surface area contributed by atoms with Gasteiger partial charge in [-0.2, -0.15) is 5.10 Å². The van der Waals surface area contributed by atoms with Gasteiger partial charge in [0.05, 0.1) is 11.3 Å². The fourth-order valence-electron chi connectivity index (χ4n) is 2.47. The Morgan fingerprint density at radius 2 is 1.96 bits per heavy atom. The van der Waals surface area contributed by atoms with Crippen molar-refractivity contribution in [2.24, 2.45) is 7.05 Å². The molecule has 2 aromatic heterocycles. The van der Waals surface area contributed by atoms with Gasteiger partial charge in [0, 0.05) is 25.4 Å². The highest BCUT2D eigenvalue weighted by atomic mass is 16.5. The van der Waals surface area contributed by atoms with Crippen LogP contribution in [0.15, 0.2) is 54.7 Å². The summed E-state index contributed by atoms with van der Waals surface area (Å²) in [6.45, 7) is 3.83. The fraction of sp³-hybridized carbons (Fsp3) is 0.211. The van der Waals surface area contributed by atoms with E-state index in [2.05, 4.69) is 15.4 Å². The van der Waals surface area contributed by atoms with Gasteiger partial charge in [-0.1, -0.05) is 30.3 Å². The molecule has 1 N–H and O–H groups in total. The molecule has 0 aliphatic rings. The maximum Gasteiger partial charge on any atom is 0.258 e. The second kappa shape index (κ2) is 7.17. The lowest BCUT2D eigenvalue weighted by Crippen LogP contribution is -2.15. The molecule has 2 heterocycles. The van der Waals surface area contributed by atoms with Gasteiger partial charge in [-0.25, -0.2) is 4.98 Å². The van der Waals surface area contributed by atoms with Gasteiger partial charge in [-0.15, -0.1) is 0 Å². The van der Waals surface area contributed by atoms with Gasteiger partial charge >= 0.3 is 0 Å². The molecule has 1 atom stereocenters. The van der Waals surface area contributed by atoms with E-state index in [-0.39, 0.29) is 12.0 Å². The van der Waals surface area contributed by atoms with Crippen LogP contribution in [0.4, 0.5) is 5.82 Å². The van der Waals surface area contributed by atoms with Crippen LogP contribution in [-0.2, 0) is 7.05 Å². The Morgan fingerprint density at radius 1 is 1.20 bits per heavy atom. The van der Waals surface area contributed by atoms with Gasteiger partial charge in [0.25, 0.3) is 5.91 Å². The summed E-state index contributed by atoms with van der Waals surface area (Å²) in [5.41, 5.74) is 2.37. The lowest BCUT2D eigenvalue weighted by Gasteiger charge is -2.14. The number of pyridine rings is 1. The molecule has 3 aromatic rings. The van der Waals surface area contributed by atoms with Crippen molar-refractivity contribution < 1.29 is 9.53 Å². The number of carbonyl (C=O) groups is 1. The number of carbonyl (C=O) groups excluding carboxylic acids is 1. The molecule has 0 unspecified atom stereocenters. The Bertz CT molecular complexity index is 857. The highest BCUT2D eigenvalue weighted by molar-refractivity contribution is 6.03. The summed E-state index contributed by atoms with van der Waals surface area (Å²) in [6.07, 6.45) is 1.39. The number of hydrogen-bond donors (Lipinski definition) is 1. The van der Waals surface area contributed by atoms with Crippen LogP contribution in [0.25, 0.3) is 0 Å². The van der Waals surface area contributed by atoms with Crippen molar-refractivity contribution in [3.05, 3.63) is 71.5 Å². The van der Waals surface area contributed by atoms with E-state index in [9.17, 15) is 4.79 Å². The Balaban J connectivity index is 1.65. The molecule has 3 rings (SSSR count). The van der Waals surface area contributed by atoms with Crippen LogP contribution in [-0.4, -0.2) is 20.7 Å². The molecule has 0 saturated heterocycles. The fourth-order valence-corrected chi connectivity index (χ4v) is 2.47. The second-order valence-electron chi connectivity index (χ2n) is 5.80. The quantitative estimate of drug-likeness (QED) is 0.774. The minimum Gasteiger partial charge on any atom is -0.470 e. The van der Waals surface area contributed by atoms with Gasteiger partial charge in [0.2, 0.25) is 5.88 Å². The zero-order valence-electron chi connectivity index (χ0n) is 14.4. The number of anilines is 1. The van der Waals surface area contributed by atoms with Gasteiger partial charge < -0.3 is 10.1 Å². The van der Waals surface area contributed by atoms with E-state index in [0.717, 1.165) is 11.3 Å². The Hall–Kier alpha value is -3.15. The maximum atomic E-state index is 12.3. The number of nitrogens with zero attached hydrogens (tertiary/aromatic N) is 3. The molecule has 0 bridgehead atoms. The summed E-state index contributed by atoms with van der Waals surface area (Å²) in [7, 11) is 1.78. The van der Waals surface area contributed by atoms with E-state index >= 15 is 0 Å². The zero-order valence-corrected chi connectivity index (χ0v) is 14.4. The number of hydrogen-bond acceptors (Lipinski definition) is 4. The van der Waals surface area contributed by atoms with Crippen LogP contribution in [0.1, 0.15) is 34.6 Å². The predicted molar refractivity (Wildman–Crippen MR) is 95.6 cm³/mol. The monoisotopic (exact) mass is 336 g/mol. The summed E-state index contributed by atoms with van der Waals surface area (Å²) in [5.74, 6) is 0.878. The van der Waals surface area contributed by atoms with E-state index in [0.29, 0.717) is 17.3 Å². The van der Waals surface area contributed by atoms with Crippen molar-refractivity contribution >= 4 is 11.7 Å². The van der Waals surface area contributed by atoms with Crippen LogP contribution < -0.4 is 10.1 Å². The van der Waals surface area contributed by atoms with Gasteiger partial charge in [-0.05, 0) is 25.5 Å². The molecule has 0 saturated carbocycles. The highest BCUT2D eigenvalue weighted by Crippen LogP contribution is 2.20. The molecule has 0 aliphatic carbocycles. The summed E-state index contributed by atoms with van der Waals surface area (Å²) in [4.78, 5) is 16.5. The summed E-state index contributed by atoms with van der Waals surface area (Å²) in [5, 5.41) is 7.01. The van der Waals surface area contributed by atoms with Crippen LogP contribution in [0.3, 0.4) is 0 Å². The third-order valence-electron chi connectivity index (χ3n) is 3.81. The molecular formula is C19H20N4O2. The van der Waals surface area contributed by atoms with Crippen molar-refractivity contribution in [2.75, 3.05) is 5.32 Å². The summed E-state index contributed by atoms with van der Waals surface area (Å²) in [6, 6.07) is 15.1. The first kappa shape index (κ1) is 16.7. The Morgan fingerprint density at radius 3 is 2.56 bits per heavy atom. The number of aryl methyl sites for hydroxylation is 2. The van der Waals surface area contributed by atoms with Crippen LogP contribution in [0.2, 0.25) is 0 Å². The van der Waals surface area contributed by atoms with Gasteiger partial charge in [-0.3, -0.25) is 9.48 Å². The van der Waals surface area contributed by atoms with Crippen LogP contribution in [0.5, 0.6) is 5.88 Å². The smallest absolute Gasteiger partial charge is 0.258 e. The molecule has 128 valence electrons. The maximum absolute atomic E-state index is 12.3. The molecule has 0 radical (unpaired) electrons. The topological polar surface area (TPSA) is 69.0 Å². The molecule has 1 aromatic carbocycles. The Labute approximate surface area is 146 Å².